The zero-order valence-corrected chi connectivity index (χ0v) is 18.8. The third-order valence-corrected chi connectivity index (χ3v) is 5.69. The number of nitrogens with one attached hydrogen (secondary N) is 3. The first kappa shape index (κ1) is 23.9. The third-order valence-electron chi connectivity index (χ3n) is 4.24. The minimum absolute atomic E-state index is 0.259. The maximum atomic E-state index is 12.2. The van der Waals surface area contributed by atoms with E-state index in [-0.39, 0.29) is 17.4 Å². The quantitative estimate of drug-likeness (QED) is 0.268. The molecule has 3 N–H and O–H groups in total. The predicted molar refractivity (Wildman–Crippen MR) is 120 cm³/mol. The van der Waals surface area contributed by atoms with Crippen molar-refractivity contribution in [2.24, 2.45) is 18.0 Å². The lowest BCUT2D eigenvalue weighted by molar-refractivity contribution is 0.0945. The van der Waals surface area contributed by atoms with Gasteiger partial charge in [-0.05, 0) is 24.5 Å². The van der Waals surface area contributed by atoms with Gasteiger partial charge in [0.25, 0.3) is 0 Å². The molecule has 0 radical (unpaired) electrons. The topological polar surface area (TPSA) is 96.8 Å². The molecule has 0 aliphatic heterocycles. The van der Waals surface area contributed by atoms with Gasteiger partial charge in [0, 0.05) is 45.6 Å². The molecule has 166 valence electrons. The first-order valence-corrected chi connectivity index (χ1v) is 11.6. The molecule has 1 aromatic carbocycles. The fourth-order valence-corrected chi connectivity index (χ4v) is 3.76. The summed E-state index contributed by atoms with van der Waals surface area (Å²) in [6.45, 7) is 7.31. The number of rotatable bonds is 12. The lowest BCUT2D eigenvalue weighted by Gasteiger charge is -2.14. The molecular weight excluding hydrogens is 402 g/mol. The molecule has 0 aliphatic carbocycles. The summed E-state index contributed by atoms with van der Waals surface area (Å²) in [6, 6.07) is 11.6. The van der Waals surface area contributed by atoms with Gasteiger partial charge >= 0.3 is 0 Å². The van der Waals surface area contributed by atoms with Crippen molar-refractivity contribution in [2.45, 2.75) is 25.3 Å². The first-order chi connectivity index (χ1) is 14.4. The first-order valence-electron chi connectivity index (χ1n) is 10.2. The van der Waals surface area contributed by atoms with E-state index in [1.165, 1.54) is 0 Å². The van der Waals surface area contributed by atoms with Gasteiger partial charge in [-0.2, -0.15) is 0 Å². The second-order valence-electron chi connectivity index (χ2n) is 7.16. The SMILES string of the molecule is CCNC(=NCC(C)COCc1ccccc1)NCCNS(=O)(=O)c1ccn(C)c1. The molecule has 9 heteroatoms. The van der Waals surface area contributed by atoms with Crippen LogP contribution in [0.15, 0.2) is 58.7 Å². The molecule has 1 atom stereocenters. The van der Waals surface area contributed by atoms with Crippen molar-refractivity contribution in [2.75, 3.05) is 32.8 Å². The average Bonchev–Trinajstić information content (AvgIpc) is 3.17. The van der Waals surface area contributed by atoms with Crippen LogP contribution in [0.2, 0.25) is 0 Å². The molecule has 0 saturated heterocycles. The van der Waals surface area contributed by atoms with E-state index in [0.29, 0.717) is 32.3 Å². The molecule has 0 aliphatic rings. The van der Waals surface area contributed by atoms with E-state index >= 15 is 0 Å². The van der Waals surface area contributed by atoms with Gasteiger partial charge in [0.2, 0.25) is 10.0 Å². The largest absolute Gasteiger partial charge is 0.376 e. The monoisotopic (exact) mass is 435 g/mol. The van der Waals surface area contributed by atoms with Gasteiger partial charge in [-0.3, -0.25) is 4.99 Å². The number of aryl methyl sites for hydroxylation is 1. The predicted octanol–water partition coefficient (Wildman–Crippen LogP) is 1.71. The zero-order valence-electron chi connectivity index (χ0n) is 18.0. The zero-order chi connectivity index (χ0) is 21.8. The highest BCUT2D eigenvalue weighted by Gasteiger charge is 2.14. The molecule has 30 heavy (non-hydrogen) atoms. The molecule has 0 saturated carbocycles. The molecule has 0 amide bonds. The normalized spacial score (nSPS) is 13.2. The van der Waals surface area contributed by atoms with Crippen LogP contribution in [-0.2, 0) is 28.4 Å². The molecule has 0 spiro atoms. The lowest BCUT2D eigenvalue weighted by Crippen LogP contribution is -2.41. The minimum Gasteiger partial charge on any atom is -0.376 e. The Bertz CT molecular complexity index is 881. The van der Waals surface area contributed by atoms with E-state index in [1.54, 1.807) is 30.1 Å². The summed E-state index contributed by atoms with van der Waals surface area (Å²) in [6.07, 6.45) is 3.27. The molecule has 2 aromatic rings. The standard InChI is InChI=1S/C21H33N5O3S/c1-4-22-21(23-11-12-25-30(27,28)20-10-13-26(3)15-20)24-14-18(2)16-29-17-19-8-6-5-7-9-19/h5-10,13,15,18,25H,4,11-12,14,16-17H2,1-3H3,(H2,22,23,24). The molecule has 8 nitrogen and oxygen atoms in total. The van der Waals surface area contributed by atoms with E-state index in [1.807, 2.05) is 37.3 Å². The van der Waals surface area contributed by atoms with E-state index in [4.69, 9.17) is 4.74 Å². The molecule has 2 rings (SSSR count). The molecule has 0 bridgehead atoms. The summed E-state index contributed by atoms with van der Waals surface area (Å²) < 4.78 is 34.5. The highest BCUT2D eigenvalue weighted by atomic mass is 32.2. The number of aromatic nitrogens is 1. The second-order valence-corrected chi connectivity index (χ2v) is 8.93. The Labute approximate surface area is 179 Å². The van der Waals surface area contributed by atoms with Crippen LogP contribution in [0.4, 0.5) is 0 Å². The van der Waals surface area contributed by atoms with Gasteiger partial charge in [0.05, 0.1) is 18.1 Å². The van der Waals surface area contributed by atoms with Gasteiger partial charge in [0.1, 0.15) is 0 Å². The van der Waals surface area contributed by atoms with Crippen molar-refractivity contribution < 1.29 is 13.2 Å². The van der Waals surface area contributed by atoms with Crippen molar-refractivity contribution in [1.82, 2.24) is 19.9 Å². The summed E-state index contributed by atoms with van der Waals surface area (Å²) in [5, 5.41) is 6.32. The summed E-state index contributed by atoms with van der Waals surface area (Å²) in [5.41, 5.74) is 1.15. The number of hydrogen-bond acceptors (Lipinski definition) is 4. The summed E-state index contributed by atoms with van der Waals surface area (Å²) >= 11 is 0. The average molecular weight is 436 g/mol. The Morgan fingerprint density at radius 1 is 1.17 bits per heavy atom. The highest BCUT2D eigenvalue weighted by Crippen LogP contribution is 2.07. The number of benzene rings is 1. The molecule has 1 unspecified atom stereocenters. The van der Waals surface area contributed by atoms with E-state index < -0.39 is 10.0 Å². The highest BCUT2D eigenvalue weighted by molar-refractivity contribution is 7.89. The minimum atomic E-state index is -3.50. The van der Waals surface area contributed by atoms with Gasteiger partial charge < -0.3 is 19.9 Å². The summed E-state index contributed by atoms with van der Waals surface area (Å²) in [7, 11) is -1.71. The number of sulfonamides is 1. The van der Waals surface area contributed by atoms with Crippen molar-refractivity contribution in [3.63, 3.8) is 0 Å². The van der Waals surface area contributed by atoms with E-state index in [0.717, 1.165) is 12.1 Å². The van der Waals surface area contributed by atoms with E-state index in [2.05, 4.69) is 27.3 Å². The van der Waals surface area contributed by atoms with Crippen LogP contribution in [0.25, 0.3) is 0 Å². The number of nitrogens with zero attached hydrogens (tertiary/aromatic N) is 2. The van der Waals surface area contributed by atoms with Crippen LogP contribution < -0.4 is 15.4 Å². The Balaban J connectivity index is 1.71. The van der Waals surface area contributed by atoms with Crippen molar-refractivity contribution in [1.29, 1.82) is 0 Å². The smallest absolute Gasteiger partial charge is 0.242 e. The van der Waals surface area contributed by atoms with Crippen molar-refractivity contribution >= 4 is 16.0 Å². The Hall–Kier alpha value is -2.36. The van der Waals surface area contributed by atoms with Crippen molar-refractivity contribution in [3.8, 4) is 0 Å². The Kier molecular flexibility index (Phi) is 9.85. The Morgan fingerprint density at radius 2 is 1.93 bits per heavy atom. The van der Waals surface area contributed by atoms with Gasteiger partial charge in [-0.25, -0.2) is 13.1 Å². The number of guanidine groups is 1. The number of aliphatic imine (C=N–C) groups is 1. The van der Waals surface area contributed by atoms with Crippen LogP contribution in [0.3, 0.4) is 0 Å². The van der Waals surface area contributed by atoms with Crippen LogP contribution in [0, 0.1) is 5.92 Å². The maximum Gasteiger partial charge on any atom is 0.242 e. The second kappa shape index (κ2) is 12.4. The van der Waals surface area contributed by atoms with Gasteiger partial charge in [0.15, 0.2) is 5.96 Å². The number of ether oxygens (including phenoxy) is 1. The van der Waals surface area contributed by atoms with E-state index in [9.17, 15) is 8.42 Å². The van der Waals surface area contributed by atoms with Crippen LogP contribution in [0.5, 0.6) is 0 Å². The molecule has 0 fully saturated rings. The fraction of sp³-hybridized carbons (Fsp3) is 0.476. The molecule has 1 heterocycles. The maximum absolute atomic E-state index is 12.2. The lowest BCUT2D eigenvalue weighted by atomic mass is 10.2. The summed E-state index contributed by atoms with van der Waals surface area (Å²) in [5.74, 6) is 0.923. The number of hydrogen-bond donors (Lipinski definition) is 3. The van der Waals surface area contributed by atoms with Crippen LogP contribution >= 0.6 is 0 Å². The Morgan fingerprint density at radius 3 is 2.60 bits per heavy atom. The van der Waals surface area contributed by atoms with Crippen LogP contribution in [0.1, 0.15) is 19.4 Å². The summed E-state index contributed by atoms with van der Waals surface area (Å²) in [4.78, 5) is 4.83. The third kappa shape index (κ3) is 8.56. The van der Waals surface area contributed by atoms with Crippen molar-refractivity contribution in [3.05, 3.63) is 54.4 Å². The van der Waals surface area contributed by atoms with Gasteiger partial charge in [-0.15, -0.1) is 0 Å². The fourth-order valence-electron chi connectivity index (χ4n) is 2.68. The van der Waals surface area contributed by atoms with Crippen LogP contribution in [-0.4, -0.2) is 51.7 Å². The molecule has 1 aromatic heterocycles. The van der Waals surface area contributed by atoms with Gasteiger partial charge in [-0.1, -0.05) is 37.3 Å². The molecular formula is C21H33N5O3S.